The van der Waals surface area contributed by atoms with Crippen molar-refractivity contribution < 1.29 is 0 Å². The van der Waals surface area contributed by atoms with Crippen LogP contribution in [0.15, 0.2) is 42.5 Å². The summed E-state index contributed by atoms with van der Waals surface area (Å²) in [5, 5.41) is 1.77. The first-order chi connectivity index (χ1) is 8.66. The van der Waals surface area contributed by atoms with Gasteiger partial charge in [0, 0.05) is 18.1 Å². The molecule has 0 N–H and O–H groups in total. The Morgan fingerprint density at radius 2 is 1.78 bits per heavy atom. The summed E-state index contributed by atoms with van der Waals surface area (Å²) in [6.07, 6.45) is 0. The smallest absolute Gasteiger partial charge is 0.140 e. The van der Waals surface area contributed by atoms with Gasteiger partial charge in [-0.2, -0.15) is 0 Å². The molecule has 0 saturated carbocycles. The fraction of sp³-hybridized carbons (Fsp3) is 0.0714. The first-order valence-electron chi connectivity index (χ1n) is 5.53. The van der Waals surface area contributed by atoms with Gasteiger partial charge < -0.3 is 4.57 Å². The molecular weight excluding hydrogens is 267 g/mol. The van der Waals surface area contributed by atoms with Gasteiger partial charge in [-0.15, -0.1) is 0 Å². The first-order valence-corrected chi connectivity index (χ1v) is 6.29. The summed E-state index contributed by atoms with van der Waals surface area (Å²) < 4.78 is 2.07. The monoisotopic (exact) mass is 276 g/mol. The number of aromatic nitrogens is 2. The lowest BCUT2D eigenvalue weighted by atomic mass is 10.1. The Morgan fingerprint density at radius 1 is 1.06 bits per heavy atom. The van der Waals surface area contributed by atoms with E-state index in [1.54, 1.807) is 0 Å². The van der Waals surface area contributed by atoms with Crippen molar-refractivity contribution in [1.29, 1.82) is 0 Å². The van der Waals surface area contributed by atoms with Gasteiger partial charge in [-0.1, -0.05) is 53.5 Å². The molecule has 3 rings (SSSR count). The maximum atomic E-state index is 6.13. The van der Waals surface area contributed by atoms with Crippen molar-refractivity contribution >= 4 is 34.1 Å². The van der Waals surface area contributed by atoms with Crippen molar-refractivity contribution in [2.24, 2.45) is 7.05 Å². The highest BCUT2D eigenvalue weighted by Crippen LogP contribution is 2.31. The Kier molecular flexibility index (Phi) is 2.77. The predicted octanol–water partition coefficient (Wildman–Crippen LogP) is 4.55. The second-order valence-corrected chi connectivity index (χ2v) is 4.87. The Hall–Kier alpha value is -1.51. The highest BCUT2D eigenvalue weighted by atomic mass is 35.5. The largest absolute Gasteiger partial charge is 0.343 e. The average molecular weight is 277 g/mol. The van der Waals surface area contributed by atoms with E-state index in [-0.39, 0.29) is 0 Å². The molecule has 2 heterocycles. The van der Waals surface area contributed by atoms with E-state index < -0.39 is 0 Å². The van der Waals surface area contributed by atoms with Crippen LogP contribution in [0, 0.1) is 0 Å². The second kappa shape index (κ2) is 4.30. The molecule has 18 heavy (non-hydrogen) atoms. The van der Waals surface area contributed by atoms with Crippen molar-refractivity contribution in [3.63, 3.8) is 0 Å². The maximum absolute atomic E-state index is 6.13. The third-order valence-corrected chi connectivity index (χ3v) is 3.51. The van der Waals surface area contributed by atoms with E-state index in [1.165, 1.54) is 0 Å². The van der Waals surface area contributed by atoms with Crippen LogP contribution in [0.4, 0.5) is 0 Å². The van der Waals surface area contributed by atoms with Crippen molar-refractivity contribution in [2.45, 2.75) is 0 Å². The summed E-state index contributed by atoms with van der Waals surface area (Å²) in [6, 6.07) is 14.0. The van der Waals surface area contributed by atoms with E-state index in [9.17, 15) is 0 Å². The van der Waals surface area contributed by atoms with Crippen LogP contribution >= 0.6 is 23.2 Å². The van der Waals surface area contributed by atoms with Gasteiger partial charge in [-0.25, -0.2) is 4.98 Å². The van der Waals surface area contributed by atoms with Gasteiger partial charge in [0.1, 0.15) is 10.3 Å². The zero-order valence-corrected chi connectivity index (χ0v) is 11.2. The second-order valence-electron chi connectivity index (χ2n) is 4.12. The standard InChI is InChI=1S/C14H10Cl2N2/c1-18-11(9-5-3-2-4-6-9)7-10-12(18)8-13(15)17-14(10)16/h2-8H,1H3. The van der Waals surface area contributed by atoms with E-state index in [0.29, 0.717) is 10.3 Å². The number of fused-ring (bicyclic) bond motifs is 1. The van der Waals surface area contributed by atoms with Crippen molar-refractivity contribution in [1.82, 2.24) is 9.55 Å². The molecule has 2 aromatic heterocycles. The normalized spacial score (nSPS) is 11.1. The average Bonchev–Trinajstić information content (AvgIpc) is 2.69. The molecule has 3 aromatic rings. The summed E-state index contributed by atoms with van der Waals surface area (Å²) >= 11 is 12.1. The summed E-state index contributed by atoms with van der Waals surface area (Å²) in [5.41, 5.74) is 3.22. The zero-order valence-electron chi connectivity index (χ0n) is 9.69. The number of benzene rings is 1. The van der Waals surface area contributed by atoms with E-state index in [0.717, 1.165) is 22.2 Å². The van der Waals surface area contributed by atoms with Crippen LogP contribution < -0.4 is 0 Å². The molecule has 0 radical (unpaired) electrons. The van der Waals surface area contributed by atoms with E-state index in [4.69, 9.17) is 23.2 Å². The summed E-state index contributed by atoms with van der Waals surface area (Å²) in [7, 11) is 2.00. The summed E-state index contributed by atoms with van der Waals surface area (Å²) in [6.45, 7) is 0. The number of nitrogens with zero attached hydrogens (tertiary/aromatic N) is 2. The quantitative estimate of drug-likeness (QED) is 0.597. The van der Waals surface area contributed by atoms with Crippen molar-refractivity contribution in [2.75, 3.05) is 0 Å². The molecule has 0 atom stereocenters. The molecule has 1 aromatic carbocycles. The van der Waals surface area contributed by atoms with E-state index in [1.807, 2.05) is 37.4 Å². The predicted molar refractivity (Wildman–Crippen MR) is 76.2 cm³/mol. The number of aryl methyl sites for hydroxylation is 1. The molecule has 4 heteroatoms. The molecule has 0 aliphatic rings. The van der Waals surface area contributed by atoms with Crippen LogP contribution in [0.25, 0.3) is 22.2 Å². The Morgan fingerprint density at radius 3 is 2.50 bits per heavy atom. The number of hydrogen-bond acceptors (Lipinski definition) is 1. The van der Waals surface area contributed by atoms with Crippen LogP contribution in [0.2, 0.25) is 10.3 Å². The Labute approximate surface area is 115 Å². The number of rotatable bonds is 1. The van der Waals surface area contributed by atoms with Gasteiger partial charge in [0.15, 0.2) is 0 Å². The van der Waals surface area contributed by atoms with E-state index in [2.05, 4.69) is 21.7 Å². The molecule has 0 fully saturated rings. The molecule has 0 aliphatic heterocycles. The maximum Gasteiger partial charge on any atom is 0.140 e. The summed E-state index contributed by atoms with van der Waals surface area (Å²) in [5.74, 6) is 0. The van der Waals surface area contributed by atoms with Gasteiger partial charge in [0.05, 0.1) is 5.52 Å². The fourth-order valence-electron chi connectivity index (χ4n) is 2.14. The van der Waals surface area contributed by atoms with Gasteiger partial charge in [-0.3, -0.25) is 0 Å². The lowest BCUT2D eigenvalue weighted by Gasteiger charge is -2.04. The highest BCUT2D eigenvalue weighted by Gasteiger charge is 2.11. The lowest BCUT2D eigenvalue weighted by molar-refractivity contribution is 0.977. The molecule has 0 amide bonds. The van der Waals surface area contributed by atoms with Gasteiger partial charge in [-0.05, 0) is 17.7 Å². The van der Waals surface area contributed by atoms with Crippen LogP contribution in [-0.4, -0.2) is 9.55 Å². The van der Waals surface area contributed by atoms with Crippen LogP contribution in [0.3, 0.4) is 0 Å². The third kappa shape index (κ3) is 1.78. The molecule has 0 saturated heterocycles. The minimum Gasteiger partial charge on any atom is -0.343 e. The molecular formula is C14H10Cl2N2. The molecule has 90 valence electrons. The molecule has 0 aliphatic carbocycles. The zero-order chi connectivity index (χ0) is 12.7. The minimum absolute atomic E-state index is 0.410. The summed E-state index contributed by atoms with van der Waals surface area (Å²) in [4.78, 5) is 4.07. The van der Waals surface area contributed by atoms with Crippen LogP contribution in [-0.2, 0) is 7.05 Å². The molecule has 2 nitrogen and oxygen atoms in total. The van der Waals surface area contributed by atoms with Gasteiger partial charge in [0.2, 0.25) is 0 Å². The SMILES string of the molecule is Cn1c(-c2ccccc2)cc2c(Cl)nc(Cl)cc21. The Balaban J connectivity index is 2.33. The molecule has 0 unspecified atom stereocenters. The van der Waals surface area contributed by atoms with Gasteiger partial charge >= 0.3 is 0 Å². The molecule has 0 bridgehead atoms. The number of halogens is 2. The minimum atomic E-state index is 0.410. The highest BCUT2D eigenvalue weighted by molar-refractivity contribution is 6.36. The van der Waals surface area contributed by atoms with Crippen molar-refractivity contribution in [3.05, 3.63) is 52.8 Å². The Bertz CT molecular complexity index is 717. The fourth-order valence-corrected chi connectivity index (χ4v) is 2.62. The topological polar surface area (TPSA) is 17.8 Å². The number of hydrogen-bond donors (Lipinski definition) is 0. The van der Waals surface area contributed by atoms with Gasteiger partial charge in [0.25, 0.3) is 0 Å². The van der Waals surface area contributed by atoms with E-state index >= 15 is 0 Å². The third-order valence-electron chi connectivity index (χ3n) is 3.03. The van der Waals surface area contributed by atoms with Crippen LogP contribution in [0.1, 0.15) is 0 Å². The van der Waals surface area contributed by atoms with Crippen LogP contribution in [0.5, 0.6) is 0 Å². The lowest BCUT2D eigenvalue weighted by Crippen LogP contribution is -1.91. The molecule has 0 spiro atoms. The van der Waals surface area contributed by atoms with Crippen molar-refractivity contribution in [3.8, 4) is 11.3 Å². The number of pyridine rings is 1. The first kappa shape index (κ1) is 11.6.